The number of carbonyl (C=O) groups is 1. The minimum Gasteiger partial charge on any atom is -0.493 e. The first-order valence-electron chi connectivity index (χ1n) is 6.48. The number of aromatic nitrogens is 1. The third-order valence-corrected chi connectivity index (χ3v) is 3.00. The molecule has 0 bridgehead atoms. The maximum Gasteiger partial charge on any atom is 0.257 e. The van der Waals surface area contributed by atoms with E-state index < -0.39 is 0 Å². The van der Waals surface area contributed by atoms with E-state index in [1.165, 1.54) is 7.11 Å². The number of hydrogen-bond donors (Lipinski definition) is 1. The van der Waals surface area contributed by atoms with Crippen LogP contribution in [-0.2, 0) is 0 Å². The Kier molecular flexibility index (Phi) is 3.59. The predicted molar refractivity (Wildman–Crippen MR) is 76.2 cm³/mol. The van der Waals surface area contributed by atoms with Gasteiger partial charge in [-0.3, -0.25) is 4.79 Å². The van der Waals surface area contributed by atoms with Crippen LogP contribution in [0.25, 0.3) is 0 Å². The van der Waals surface area contributed by atoms with Crippen LogP contribution in [-0.4, -0.2) is 31.2 Å². The molecule has 6 nitrogen and oxygen atoms in total. The smallest absolute Gasteiger partial charge is 0.257 e. The van der Waals surface area contributed by atoms with Crippen LogP contribution in [0.3, 0.4) is 0 Å². The summed E-state index contributed by atoms with van der Waals surface area (Å²) < 4.78 is 16.3. The molecule has 1 aromatic heterocycles. The monoisotopic (exact) mass is 286 g/mol. The summed E-state index contributed by atoms with van der Waals surface area (Å²) in [7, 11) is 1.52. The Morgan fingerprint density at radius 1 is 1.29 bits per heavy atom. The molecule has 1 amide bonds. The van der Waals surface area contributed by atoms with Crippen LogP contribution in [0.5, 0.6) is 17.2 Å². The molecule has 0 fully saturated rings. The quantitative estimate of drug-likeness (QED) is 0.935. The molecule has 1 aliphatic heterocycles. The van der Waals surface area contributed by atoms with Crippen LogP contribution < -0.4 is 19.5 Å². The van der Waals surface area contributed by atoms with E-state index in [9.17, 15) is 4.79 Å². The van der Waals surface area contributed by atoms with Crippen molar-refractivity contribution in [3.05, 3.63) is 42.1 Å². The number of pyridine rings is 1. The van der Waals surface area contributed by atoms with E-state index in [0.29, 0.717) is 41.8 Å². The Hall–Kier alpha value is -2.76. The molecule has 21 heavy (non-hydrogen) atoms. The van der Waals surface area contributed by atoms with E-state index in [-0.39, 0.29) is 5.91 Å². The van der Waals surface area contributed by atoms with Crippen molar-refractivity contribution < 1.29 is 19.0 Å². The second kappa shape index (κ2) is 5.70. The van der Waals surface area contributed by atoms with Crippen molar-refractivity contribution in [2.24, 2.45) is 0 Å². The number of hydrogen-bond acceptors (Lipinski definition) is 5. The molecular formula is C15H14N2O4. The highest BCUT2D eigenvalue weighted by molar-refractivity contribution is 6.04. The Bertz CT molecular complexity index is 641. The number of ether oxygens (including phenoxy) is 3. The van der Waals surface area contributed by atoms with Gasteiger partial charge in [-0.05, 0) is 24.3 Å². The number of fused-ring (bicyclic) bond motifs is 1. The van der Waals surface area contributed by atoms with E-state index in [1.54, 1.807) is 36.5 Å². The average Bonchev–Trinajstić information content (AvgIpc) is 2.54. The maximum atomic E-state index is 12.3. The van der Waals surface area contributed by atoms with Gasteiger partial charge in [0.05, 0.1) is 7.11 Å². The fourth-order valence-electron chi connectivity index (χ4n) is 2.03. The molecule has 108 valence electrons. The van der Waals surface area contributed by atoms with Crippen LogP contribution in [0, 0.1) is 0 Å². The summed E-state index contributed by atoms with van der Waals surface area (Å²) in [5.41, 5.74) is 0.418. The van der Waals surface area contributed by atoms with E-state index in [0.717, 1.165) is 0 Å². The van der Waals surface area contributed by atoms with Crippen molar-refractivity contribution >= 4 is 11.7 Å². The van der Waals surface area contributed by atoms with E-state index in [4.69, 9.17) is 14.2 Å². The van der Waals surface area contributed by atoms with Gasteiger partial charge < -0.3 is 19.5 Å². The van der Waals surface area contributed by atoms with Gasteiger partial charge in [0.2, 0.25) is 5.75 Å². The standard InChI is InChI=1S/C15H14N2O4/c1-19-11-8-10(9-12-14(11)21-7-6-20-12)15(18)17-13-4-2-3-5-16-13/h2-5,8-9H,6-7H2,1H3,(H,16,17,18). The number of nitrogens with one attached hydrogen (secondary N) is 1. The zero-order chi connectivity index (χ0) is 14.7. The lowest BCUT2D eigenvalue weighted by Gasteiger charge is -2.21. The molecule has 0 spiro atoms. The van der Waals surface area contributed by atoms with Crippen molar-refractivity contribution in [2.75, 3.05) is 25.6 Å². The minimum absolute atomic E-state index is 0.288. The summed E-state index contributed by atoms with van der Waals surface area (Å²) in [5, 5.41) is 2.71. The van der Waals surface area contributed by atoms with Crippen molar-refractivity contribution in [3.63, 3.8) is 0 Å². The van der Waals surface area contributed by atoms with Gasteiger partial charge in [-0.15, -0.1) is 0 Å². The second-order valence-electron chi connectivity index (χ2n) is 4.37. The van der Waals surface area contributed by atoms with Gasteiger partial charge in [0.25, 0.3) is 5.91 Å². The van der Waals surface area contributed by atoms with E-state index in [1.807, 2.05) is 0 Å². The van der Waals surface area contributed by atoms with E-state index >= 15 is 0 Å². The second-order valence-corrected chi connectivity index (χ2v) is 4.37. The molecule has 1 aromatic carbocycles. The molecule has 6 heteroatoms. The molecule has 0 aliphatic carbocycles. The van der Waals surface area contributed by atoms with Gasteiger partial charge in [0.1, 0.15) is 19.0 Å². The van der Waals surface area contributed by atoms with Crippen LogP contribution in [0.4, 0.5) is 5.82 Å². The third-order valence-electron chi connectivity index (χ3n) is 3.00. The number of methoxy groups -OCH3 is 1. The lowest BCUT2D eigenvalue weighted by Crippen LogP contribution is -2.18. The minimum atomic E-state index is -0.288. The van der Waals surface area contributed by atoms with Crippen molar-refractivity contribution in [3.8, 4) is 17.2 Å². The largest absolute Gasteiger partial charge is 0.493 e. The highest BCUT2D eigenvalue weighted by Gasteiger charge is 2.21. The molecule has 1 aliphatic rings. The number of rotatable bonds is 3. The van der Waals surface area contributed by atoms with E-state index in [2.05, 4.69) is 10.3 Å². The number of carbonyl (C=O) groups excluding carboxylic acids is 1. The normalized spacial score (nSPS) is 12.6. The average molecular weight is 286 g/mol. The number of amides is 1. The van der Waals surface area contributed by atoms with Crippen LogP contribution in [0.1, 0.15) is 10.4 Å². The molecule has 2 aromatic rings. The molecule has 2 heterocycles. The fourth-order valence-corrected chi connectivity index (χ4v) is 2.03. The first-order valence-corrected chi connectivity index (χ1v) is 6.48. The Morgan fingerprint density at radius 3 is 2.90 bits per heavy atom. The molecule has 0 unspecified atom stereocenters. The number of benzene rings is 1. The van der Waals surface area contributed by atoms with Gasteiger partial charge in [0.15, 0.2) is 11.5 Å². The summed E-state index contributed by atoms with van der Waals surface area (Å²) in [6.45, 7) is 0.907. The lowest BCUT2D eigenvalue weighted by molar-refractivity contribution is 0.102. The van der Waals surface area contributed by atoms with Gasteiger partial charge in [-0.2, -0.15) is 0 Å². The topological polar surface area (TPSA) is 69.7 Å². The molecule has 0 saturated heterocycles. The Morgan fingerprint density at radius 2 is 2.14 bits per heavy atom. The van der Waals surface area contributed by atoms with Crippen LogP contribution >= 0.6 is 0 Å². The molecule has 3 rings (SSSR count). The molecule has 0 saturated carbocycles. The number of anilines is 1. The SMILES string of the molecule is COc1cc(C(=O)Nc2ccccn2)cc2c1OCCO2. The molecule has 0 atom stereocenters. The summed E-state index contributed by atoms with van der Waals surface area (Å²) in [5.74, 6) is 1.70. The lowest BCUT2D eigenvalue weighted by atomic mass is 10.1. The van der Waals surface area contributed by atoms with Crippen molar-refractivity contribution in [1.82, 2.24) is 4.98 Å². The Labute approximate surface area is 121 Å². The first-order chi connectivity index (χ1) is 10.3. The zero-order valence-electron chi connectivity index (χ0n) is 11.5. The molecule has 1 N–H and O–H groups in total. The van der Waals surface area contributed by atoms with Crippen molar-refractivity contribution in [2.45, 2.75) is 0 Å². The number of nitrogens with zero attached hydrogens (tertiary/aromatic N) is 1. The van der Waals surface area contributed by atoms with Crippen LogP contribution in [0.2, 0.25) is 0 Å². The predicted octanol–water partition coefficient (Wildman–Crippen LogP) is 2.11. The summed E-state index contributed by atoms with van der Waals surface area (Å²) in [4.78, 5) is 16.3. The van der Waals surface area contributed by atoms with Gasteiger partial charge in [0, 0.05) is 11.8 Å². The fraction of sp³-hybridized carbons (Fsp3) is 0.200. The summed E-state index contributed by atoms with van der Waals surface area (Å²) >= 11 is 0. The highest BCUT2D eigenvalue weighted by atomic mass is 16.6. The van der Waals surface area contributed by atoms with Crippen LogP contribution in [0.15, 0.2) is 36.5 Å². The zero-order valence-corrected chi connectivity index (χ0v) is 11.5. The van der Waals surface area contributed by atoms with Gasteiger partial charge in [-0.25, -0.2) is 4.98 Å². The van der Waals surface area contributed by atoms with Crippen molar-refractivity contribution in [1.29, 1.82) is 0 Å². The van der Waals surface area contributed by atoms with Gasteiger partial charge >= 0.3 is 0 Å². The first kappa shape index (κ1) is 13.2. The molecule has 0 radical (unpaired) electrons. The maximum absolute atomic E-state index is 12.3. The summed E-state index contributed by atoms with van der Waals surface area (Å²) in [6.07, 6.45) is 1.61. The highest BCUT2D eigenvalue weighted by Crippen LogP contribution is 2.40. The third kappa shape index (κ3) is 2.74. The van der Waals surface area contributed by atoms with Gasteiger partial charge in [-0.1, -0.05) is 6.07 Å². The molecular weight excluding hydrogens is 272 g/mol. The Balaban J connectivity index is 1.89. The summed E-state index contributed by atoms with van der Waals surface area (Å²) in [6, 6.07) is 8.55.